The lowest BCUT2D eigenvalue weighted by Gasteiger charge is -2.35. The smallest absolute Gasteiger partial charge is 0.233 e. The molecule has 25 heavy (non-hydrogen) atoms. The molecule has 1 N–H and O–H groups in total. The summed E-state index contributed by atoms with van der Waals surface area (Å²) in [4.78, 5) is 22.0. The first-order valence-corrected chi connectivity index (χ1v) is 9.26. The van der Waals surface area contributed by atoms with E-state index in [0.717, 1.165) is 16.4 Å². The maximum Gasteiger partial charge on any atom is 0.233 e. The highest BCUT2D eigenvalue weighted by Gasteiger charge is 2.26. The van der Waals surface area contributed by atoms with Gasteiger partial charge in [-0.15, -0.1) is 10.2 Å². The van der Waals surface area contributed by atoms with E-state index in [9.17, 15) is 4.79 Å². The number of carbonyl (C=O) groups excluding carboxylic acids is 1. The standard InChI is InChI=1S/C17H19N5O2S/c1-10-7-22(8-11(2)24-10)14(23)9-25-17-19-16-15(20-21-17)12-5-3-4-6-13(12)18-16/h3-6,10-11H,7-9H2,1-2H3,(H,18,19,21)/t10-,11+. The summed E-state index contributed by atoms with van der Waals surface area (Å²) in [6, 6.07) is 7.89. The van der Waals surface area contributed by atoms with Crippen molar-refractivity contribution in [1.29, 1.82) is 0 Å². The maximum absolute atomic E-state index is 12.4. The van der Waals surface area contributed by atoms with Crippen LogP contribution >= 0.6 is 11.8 Å². The molecule has 4 rings (SSSR count). The molecule has 0 spiro atoms. The second-order valence-electron chi connectivity index (χ2n) is 6.31. The Morgan fingerprint density at radius 1 is 1.28 bits per heavy atom. The molecule has 1 aliphatic heterocycles. The minimum absolute atomic E-state index is 0.0679. The van der Waals surface area contributed by atoms with E-state index >= 15 is 0 Å². The zero-order chi connectivity index (χ0) is 17.4. The van der Waals surface area contributed by atoms with Crippen molar-refractivity contribution in [3.8, 4) is 0 Å². The fourth-order valence-corrected chi connectivity index (χ4v) is 3.86. The highest BCUT2D eigenvalue weighted by atomic mass is 32.2. The van der Waals surface area contributed by atoms with Gasteiger partial charge in [-0.05, 0) is 19.9 Å². The van der Waals surface area contributed by atoms with Crippen LogP contribution in [0.15, 0.2) is 29.4 Å². The summed E-state index contributed by atoms with van der Waals surface area (Å²) in [6.07, 6.45) is 0.136. The molecule has 0 saturated carbocycles. The van der Waals surface area contributed by atoms with Gasteiger partial charge in [-0.1, -0.05) is 30.0 Å². The number of amides is 1. The molecule has 2 aromatic heterocycles. The van der Waals surface area contributed by atoms with E-state index in [2.05, 4.69) is 20.2 Å². The number of para-hydroxylation sites is 1. The number of ether oxygens (including phenoxy) is 1. The average Bonchev–Trinajstić information content (AvgIpc) is 2.96. The van der Waals surface area contributed by atoms with Gasteiger partial charge in [-0.25, -0.2) is 4.98 Å². The molecule has 3 heterocycles. The van der Waals surface area contributed by atoms with Gasteiger partial charge in [-0.3, -0.25) is 4.79 Å². The minimum Gasteiger partial charge on any atom is -0.372 e. The Bertz CT molecular complexity index is 918. The second kappa shape index (κ2) is 6.61. The van der Waals surface area contributed by atoms with E-state index in [1.54, 1.807) is 0 Å². The largest absolute Gasteiger partial charge is 0.372 e. The molecule has 0 aliphatic carbocycles. The van der Waals surface area contributed by atoms with Gasteiger partial charge in [0.05, 0.1) is 18.0 Å². The summed E-state index contributed by atoms with van der Waals surface area (Å²) in [7, 11) is 0. The zero-order valence-corrected chi connectivity index (χ0v) is 14.9. The van der Waals surface area contributed by atoms with E-state index in [4.69, 9.17) is 4.74 Å². The maximum atomic E-state index is 12.4. The van der Waals surface area contributed by atoms with Gasteiger partial charge in [0.2, 0.25) is 11.1 Å². The van der Waals surface area contributed by atoms with Gasteiger partial charge in [0.1, 0.15) is 5.52 Å². The van der Waals surface area contributed by atoms with Gasteiger partial charge < -0.3 is 14.6 Å². The molecule has 130 valence electrons. The van der Waals surface area contributed by atoms with Gasteiger partial charge in [0.25, 0.3) is 0 Å². The molecular formula is C17H19N5O2S. The Morgan fingerprint density at radius 3 is 2.84 bits per heavy atom. The van der Waals surface area contributed by atoms with Crippen molar-refractivity contribution in [2.24, 2.45) is 0 Å². The molecular weight excluding hydrogens is 338 g/mol. The number of fused-ring (bicyclic) bond motifs is 3. The summed E-state index contributed by atoms with van der Waals surface area (Å²) in [5, 5.41) is 9.94. The molecule has 7 nitrogen and oxygen atoms in total. The number of nitrogens with one attached hydrogen (secondary N) is 1. The van der Waals surface area contributed by atoms with E-state index in [-0.39, 0.29) is 18.1 Å². The number of thioether (sulfide) groups is 1. The van der Waals surface area contributed by atoms with Crippen LogP contribution in [-0.2, 0) is 9.53 Å². The van der Waals surface area contributed by atoms with Crippen LogP contribution in [0.3, 0.4) is 0 Å². The van der Waals surface area contributed by atoms with Crippen LogP contribution in [0.4, 0.5) is 0 Å². The van der Waals surface area contributed by atoms with Crippen LogP contribution in [0, 0.1) is 0 Å². The van der Waals surface area contributed by atoms with Gasteiger partial charge in [0, 0.05) is 24.0 Å². The first-order valence-electron chi connectivity index (χ1n) is 8.27. The van der Waals surface area contributed by atoms with Crippen LogP contribution in [0.5, 0.6) is 0 Å². The number of hydrogen-bond donors (Lipinski definition) is 1. The molecule has 0 radical (unpaired) electrons. The number of H-pyrrole nitrogens is 1. The number of morpholine rings is 1. The SMILES string of the molecule is C[C@@H]1CN(C(=O)CSc2nnc3c(n2)[nH]c2ccccc23)C[C@H](C)O1. The summed E-state index contributed by atoms with van der Waals surface area (Å²) in [6.45, 7) is 5.23. The third kappa shape index (κ3) is 3.32. The quantitative estimate of drug-likeness (QED) is 0.724. The Hall–Kier alpha value is -2.19. The summed E-state index contributed by atoms with van der Waals surface area (Å²) >= 11 is 1.31. The third-order valence-corrected chi connectivity index (χ3v) is 5.02. The first kappa shape index (κ1) is 16.3. The van der Waals surface area contributed by atoms with Crippen molar-refractivity contribution in [2.45, 2.75) is 31.2 Å². The number of hydrogen-bond acceptors (Lipinski definition) is 6. The van der Waals surface area contributed by atoms with Crippen molar-refractivity contribution < 1.29 is 9.53 Å². The number of aromatic nitrogens is 4. The number of nitrogens with zero attached hydrogens (tertiary/aromatic N) is 4. The highest BCUT2D eigenvalue weighted by Crippen LogP contribution is 2.23. The lowest BCUT2D eigenvalue weighted by molar-refractivity contribution is -0.140. The predicted molar refractivity (Wildman–Crippen MR) is 96.5 cm³/mol. The van der Waals surface area contributed by atoms with Crippen molar-refractivity contribution in [2.75, 3.05) is 18.8 Å². The molecule has 2 atom stereocenters. The fourth-order valence-electron chi connectivity index (χ4n) is 3.17. The molecule has 0 bridgehead atoms. The molecule has 8 heteroatoms. The Balaban J connectivity index is 1.47. The molecule has 0 unspecified atom stereocenters. The van der Waals surface area contributed by atoms with Crippen molar-refractivity contribution >= 4 is 39.7 Å². The fraction of sp³-hybridized carbons (Fsp3) is 0.412. The molecule has 1 aliphatic rings. The normalized spacial score (nSPS) is 21.1. The van der Waals surface area contributed by atoms with E-state index in [1.165, 1.54) is 11.8 Å². The monoisotopic (exact) mass is 357 g/mol. The second-order valence-corrected chi connectivity index (χ2v) is 7.25. The van der Waals surface area contributed by atoms with E-state index in [1.807, 2.05) is 43.0 Å². The molecule has 1 aromatic carbocycles. The highest BCUT2D eigenvalue weighted by molar-refractivity contribution is 7.99. The van der Waals surface area contributed by atoms with Crippen molar-refractivity contribution in [3.05, 3.63) is 24.3 Å². The van der Waals surface area contributed by atoms with Crippen LogP contribution in [0.25, 0.3) is 22.1 Å². The van der Waals surface area contributed by atoms with Crippen LogP contribution in [-0.4, -0.2) is 62.0 Å². The Morgan fingerprint density at radius 2 is 2.04 bits per heavy atom. The van der Waals surface area contributed by atoms with Crippen molar-refractivity contribution in [1.82, 2.24) is 25.1 Å². The topological polar surface area (TPSA) is 84.0 Å². The lowest BCUT2D eigenvalue weighted by Crippen LogP contribution is -2.48. The Labute approximate surface area is 149 Å². The number of aromatic amines is 1. The van der Waals surface area contributed by atoms with Crippen LogP contribution < -0.4 is 0 Å². The van der Waals surface area contributed by atoms with Crippen molar-refractivity contribution in [3.63, 3.8) is 0 Å². The van der Waals surface area contributed by atoms with E-state index in [0.29, 0.717) is 29.6 Å². The Kier molecular flexibility index (Phi) is 4.30. The lowest BCUT2D eigenvalue weighted by atomic mass is 10.2. The third-order valence-electron chi connectivity index (χ3n) is 4.20. The molecule has 1 amide bonds. The predicted octanol–water partition coefficient (Wildman–Crippen LogP) is 2.23. The molecule has 1 fully saturated rings. The minimum atomic E-state index is 0.0679. The van der Waals surface area contributed by atoms with Gasteiger partial charge in [0.15, 0.2) is 5.65 Å². The van der Waals surface area contributed by atoms with Crippen LogP contribution in [0.2, 0.25) is 0 Å². The number of benzene rings is 1. The van der Waals surface area contributed by atoms with Gasteiger partial charge in [-0.2, -0.15) is 0 Å². The summed E-state index contributed by atoms with van der Waals surface area (Å²) in [5.41, 5.74) is 2.43. The number of carbonyl (C=O) groups is 1. The van der Waals surface area contributed by atoms with Crippen LogP contribution in [0.1, 0.15) is 13.8 Å². The van der Waals surface area contributed by atoms with E-state index < -0.39 is 0 Å². The zero-order valence-electron chi connectivity index (χ0n) is 14.1. The first-order chi connectivity index (χ1) is 12.1. The molecule has 3 aromatic rings. The summed E-state index contributed by atoms with van der Waals surface area (Å²) in [5.74, 6) is 0.375. The summed E-state index contributed by atoms with van der Waals surface area (Å²) < 4.78 is 5.67. The molecule has 1 saturated heterocycles. The average molecular weight is 357 g/mol. The number of rotatable bonds is 3. The van der Waals surface area contributed by atoms with Gasteiger partial charge >= 0.3 is 0 Å².